The van der Waals surface area contributed by atoms with Crippen LogP contribution < -0.4 is 5.32 Å². The van der Waals surface area contributed by atoms with Crippen molar-refractivity contribution in [1.82, 2.24) is 15.3 Å². The third-order valence-electron chi connectivity index (χ3n) is 6.25. The van der Waals surface area contributed by atoms with E-state index in [1.165, 1.54) is 42.6 Å². The number of hydrogen-bond acceptors (Lipinski definition) is 4. The summed E-state index contributed by atoms with van der Waals surface area (Å²) < 4.78 is 0. The molecule has 0 aliphatic carbocycles. The third-order valence-corrected chi connectivity index (χ3v) is 6.25. The summed E-state index contributed by atoms with van der Waals surface area (Å²) in [4.78, 5) is 20.1. The molecule has 2 aromatic carbocycles. The Kier molecular flexibility index (Phi) is 7.38. The highest BCUT2D eigenvalue weighted by atomic mass is 16.7. The van der Waals surface area contributed by atoms with Crippen molar-refractivity contribution in [3.05, 3.63) is 71.3 Å². The fraction of sp³-hybridized carbons (Fsp3) is 0.480. The minimum atomic E-state index is -0.348. The zero-order chi connectivity index (χ0) is 20.6. The number of carbonyl (C=O) groups excluding carboxylic acids is 1. The van der Waals surface area contributed by atoms with Crippen molar-refractivity contribution in [1.29, 1.82) is 0 Å². The molecule has 5 nitrogen and oxygen atoms in total. The van der Waals surface area contributed by atoms with Crippen molar-refractivity contribution >= 4 is 6.09 Å². The molecule has 2 aromatic rings. The molecule has 0 bridgehead atoms. The molecule has 2 saturated heterocycles. The van der Waals surface area contributed by atoms with E-state index in [9.17, 15) is 4.79 Å². The summed E-state index contributed by atoms with van der Waals surface area (Å²) in [5, 5.41) is 4.68. The van der Waals surface area contributed by atoms with E-state index in [4.69, 9.17) is 4.84 Å². The van der Waals surface area contributed by atoms with Crippen LogP contribution in [0.1, 0.15) is 48.3 Å². The first-order valence-corrected chi connectivity index (χ1v) is 11.3. The van der Waals surface area contributed by atoms with Crippen molar-refractivity contribution < 1.29 is 9.63 Å². The van der Waals surface area contributed by atoms with E-state index in [0.717, 1.165) is 38.9 Å². The van der Waals surface area contributed by atoms with E-state index in [0.29, 0.717) is 12.5 Å². The number of likely N-dealkylation sites (tertiary alicyclic amines) is 1. The molecule has 1 N–H and O–H groups in total. The fourth-order valence-electron chi connectivity index (χ4n) is 4.47. The molecule has 2 aliphatic rings. The fourth-order valence-corrected chi connectivity index (χ4v) is 4.47. The number of benzene rings is 2. The van der Waals surface area contributed by atoms with Gasteiger partial charge >= 0.3 is 6.09 Å². The summed E-state index contributed by atoms with van der Waals surface area (Å²) in [7, 11) is 0. The number of nitrogens with zero attached hydrogens (tertiary/aromatic N) is 2. The molecule has 0 spiro atoms. The Bertz CT molecular complexity index is 780. The second kappa shape index (κ2) is 10.6. The van der Waals surface area contributed by atoms with Gasteiger partial charge in [0.25, 0.3) is 0 Å². The Morgan fingerprint density at radius 1 is 0.900 bits per heavy atom. The second-order valence-corrected chi connectivity index (χ2v) is 8.47. The maximum atomic E-state index is 12.1. The van der Waals surface area contributed by atoms with E-state index in [1.54, 1.807) is 5.06 Å². The van der Waals surface area contributed by atoms with Crippen LogP contribution in [0.4, 0.5) is 4.79 Å². The van der Waals surface area contributed by atoms with E-state index < -0.39 is 0 Å². The largest absolute Gasteiger partial charge is 0.426 e. The Morgan fingerprint density at radius 3 is 2.27 bits per heavy atom. The van der Waals surface area contributed by atoms with Crippen LogP contribution >= 0.6 is 0 Å². The monoisotopic (exact) mass is 407 g/mol. The number of hydrogen-bond donors (Lipinski definition) is 1. The molecule has 2 heterocycles. The van der Waals surface area contributed by atoms with Gasteiger partial charge in [-0.1, -0.05) is 54.6 Å². The molecule has 1 amide bonds. The first-order chi connectivity index (χ1) is 14.8. The van der Waals surface area contributed by atoms with Gasteiger partial charge in [0.2, 0.25) is 0 Å². The Morgan fingerprint density at radius 2 is 1.57 bits per heavy atom. The second-order valence-electron chi connectivity index (χ2n) is 8.47. The number of nitrogens with one attached hydrogen (secondary N) is 1. The van der Waals surface area contributed by atoms with Crippen LogP contribution in [0.5, 0.6) is 0 Å². The summed E-state index contributed by atoms with van der Waals surface area (Å²) in [6.45, 7) is 5.64. The molecule has 160 valence electrons. The summed E-state index contributed by atoms with van der Waals surface area (Å²) in [5.74, 6) is 0.558. The van der Waals surface area contributed by atoms with Gasteiger partial charge in [-0.3, -0.25) is 4.90 Å². The summed E-state index contributed by atoms with van der Waals surface area (Å²) in [6.07, 6.45) is 5.14. The molecule has 0 unspecified atom stereocenters. The van der Waals surface area contributed by atoms with Crippen molar-refractivity contribution in [2.75, 3.05) is 32.7 Å². The first-order valence-electron chi connectivity index (χ1n) is 11.3. The van der Waals surface area contributed by atoms with Gasteiger partial charge in [0, 0.05) is 26.2 Å². The molecule has 2 fully saturated rings. The van der Waals surface area contributed by atoms with E-state index in [-0.39, 0.29) is 6.09 Å². The van der Waals surface area contributed by atoms with Crippen molar-refractivity contribution in [2.45, 2.75) is 44.6 Å². The SMILES string of the molecule is O=C(NCCc1ccc(CN2CCCC2)cc1)ON1CCC(c2ccccc2)CC1. The molecule has 5 heteroatoms. The van der Waals surface area contributed by atoms with E-state index in [1.807, 2.05) is 0 Å². The Labute approximate surface area is 180 Å². The Balaban J connectivity index is 1.12. The first kappa shape index (κ1) is 20.9. The summed E-state index contributed by atoms with van der Waals surface area (Å²) in [6, 6.07) is 19.4. The molecule has 0 saturated carbocycles. The molecule has 0 radical (unpaired) electrons. The summed E-state index contributed by atoms with van der Waals surface area (Å²) in [5.41, 5.74) is 3.99. The van der Waals surface area contributed by atoms with Crippen LogP contribution in [0.25, 0.3) is 0 Å². The van der Waals surface area contributed by atoms with Crippen LogP contribution in [0, 0.1) is 0 Å². The van der Waals surface area contributed by atoms with Crippen molar-refractivity contribution in [3.8, 4) is 0 Å². The minimum Gasteiger partial charge on any atom is -0.351 e. The smallest absolute Gasteiger partial charge is 0.351 e. The zero-order valence-corrected chi connectivity index (χ0v) is 17.8. The highest BCUT2D eigenvalue weighted by Gasteiger charge is 2.22. The molecule has 0 aromatic heterocycles. The predicted octanol–water partition coefficient (Wildman–Crippen LogP) is 4.35. The van der Waals surface area contributed by atoms with Gasteiger partial charge in [-0.05, 0) is 67.8 Å². The zero-order valence-electron chi connectivity index (χ0n) is 17.8. The quantitative estimate of drug-likeness (QED) is 0.741. The van der Waals surface area contributed by atoms with Gasteiger partial charge in [0.05, 0.1) is 0 Å². The maximum absolute atomic E-state index is 12.1. The van der Waals surface area contributed by atoms with Gasteiger partial charge in [-0.2, -0.15) is 0 Å². The lowest BCUT2D eigenvalue weighted by Crippen LogP contribution is -2.39. The molecule has 0 atom stereocenters. The van der Waals surface area contributed by atoms with E-state index >= 15 is 0 Å². The molecular formula is C25H33N3O2. The lowest BCUT2D eigenvalue weighted by molar-refractivity contribution is -0.113. The predicted molar refractivity (Wildman–Crippen MR) is 119 cm³/mol. The number of carbonyl (C=O) groups is 1. The molecular weight excluding hydrogens is 374 g/mol. The van der Waals surface area contributed by atoms with Gasteiger partial charge in [0.1, 0.15) is 0 Å². The maximum Gasteiger partial charge on any atom is 0.426 e. The van der Waals surface area contributed by atoms with Crippen LogP contribution in [-0.4, -0.2) is 48.8 Å². The average Bonchev–Trinajstić information content (AvgIpc) is 3.29. The van der Waals surface area contributed by atoms with Gasteiger partial charge in [0.15, 0.2) is 0 Å². The average molecular weight is 408 g/mol. The van der Waals surface area contributed by atoms with Crippen LogP contribution in [0.2, 0.25) is 0 Å². The van der Waals surface area contributed by atoms with Crippen molar-refractivity contribution in [2.24, 2.45) is 0 Å². The molecule has 30 heavy (non-hydrogen) atoms. The van der Waals surface area contributed by atoms with E-state index in [2.05, 4.69) is 64.8 Å². The lowest BCUT2D eigenvalue weighted by Gasteiger charge is -2.30. The van der Waals surface area contributed by atoms with Crippen LogP contribution in [0.3, 0.4) is 0 Å². The van der Waals surface area contributed by atoms with Crippen molar-refractivity contribution in [3.63, 3.8) is 0 Å². The van der Waals surface area contributed by atoms with Crippen LogP contribution in [0.15, 0.2) is 54.6 Å². The standard InChI is InChI=1S/C25H33N3O2/c29-25(30-28-18-13-24(14-19-28)23-6-2-1-3-7-23)26-15-12-21-8-10-22(11-9-21)20-27-16-4-5-17-27/h1-3,6-11,24H,4-5,12-20H2,(H,26,29). The number of piperidine rings is 1. The minimum absolute atomic E-state index is 0.348. The highest BCUT2D eigenvalue weighted by Crippen LogP contribution is 2.27. The third kappa shape index (κ3) is 6.07. The molecule has 2 aliphatic heterocycles. The Hall–Kier alpha value is -2.37. The normalized spacial score (nSPS) is 18.4. The van der Waals surface area contributed by atoms with Gasteiger partial charge in [-0.15, -0.1) is 5.06 Å². The topological polar surface area (TPSA) is 44.8 Å². The number of hydroxylamine groups is 2. The number of amides is 1. The van der Waals surface area contributed by atoms with Gasteiger partial charge < -0.3 is 10.2 Å². The molecule has 4 rings (SSSR count). The van der Waals surface area contributed by atoms with Gasteiger partial charge in [-0.25, -0.2) is 4.79 Å². The lowest BCUT2D eigenvalue weighted by atomic mass is 9.90. The summed E-state index contributed by atoms with van der Waals surface area (Å²) >= 11 is 0. The highest BCUT2D eigenvalue weighted by molar-refractivity contribution is 5.66. The number of rotatable bonds is 7. The van der Waals surface area contributed by atoms with Crippen LogP contribution in [-0.2, 0) is 17.8 Å².